The van der Waals surface area contributed by atoms with Gasteiger partial charge in [0.25, 0.3) is 5.91 Å². The summed E-state index contributed by atoms with van der Waals surface area (Å²) in [5.41, 5.74) is 0.499. The van der Waals surface area contributed by atoms with Crippen molar-refractivity contribution in [3.63, 3.8) is 0 Å². The van der Waals surface area contributed by atoms with Crippen LogP contribution in [0, 0.1) is 0 Å². The number of nitrogens with zero attached hydrogens (tertiary/aromatic N) is 2. The maximum absolute atomic E-state index is 11.8. The molecule has 0 spiro atoms. The summed E-state index contributed by atoms with van der Waals surface area (Å²) < 4.78 is 0.886. The molecule has 0 aromatic carbocycles. The number of rotatable bonds is 3. The molecule has 1 aromatic heterocycles. The molecule has 0 unspecified atom stereocenters. The predicted octanol–water partition coefficient (Wildman–Crippen LogP) is 0.693. The van der Waals surface area contributed by atoms with Crippen molar-refractivity contribution in [2.75, 3.05) is 13.1 Å². The lowest BCUT2D eigenvalue weighted by Gasteiger charge is -2.17. The van der Waals surface area contributed by atoms with E-state index in [0.717, 1.165) is 4.73 Å². The van der Waals surface area contributed by atoms with Gasteiger partial charge in [-0.3, -0.25) is 10.0 Å². The second-order valence-corrected chi connectivity index (χ2v) is 2.95. The number of hydrogen-bond acceptors (Lipinski definition) is 2. The molecule has 0 fully saturated rings. The lowest BCUT2D eigenvalue weighted by molar-refractivity contribution is -0.904. The Morgan fingerprint density at radius 2 is 2.14 bits per heavy atom. The van der Waals surface area contributed by atoms with E-state index in [1.165, 1.54) is 12.4 Å². The lowest BCUT2D eigenvalue weighted by Crippen LogP contribution is -2.34. The number of hydrogen-bond donors (Lipinski definition) is 1. The van der Waals surface area contributed by atoms with Gasteiger partial charge in [0, 0.05) is 23.9 Å². The van der Waals surface area contributed by atoms with Crippen LogP contribution in [0.4, 0.5) is 0 Å². The highest BCUT2D eigenvalue weighted by molar-refractivity contribution is 5.93. The summed E-state index contributed by atoms with van der Waals surface area (Å²) in [7, 11) is 0. The van der Waals surface area contributed by atoms with Crippen LogP contribution >= 0.6 is 0 Å². The second-order valence-electron chi connectivity index (χ2n) is 2.95. The molecule has 14 heavy (non-hydrogen) atoms. The van der Waals surface area contributed by atoms with Crippen molar-refractivity contribution in [1.82, 2.24) is 4.90 Å². The van der Waals surface area contributed by atoms with E-state index < -0.39 is 0 Å². The zero-order chi connectivity index (χ0) is 10.6. The van der Waals surface area contributed by atoms with Crippen molar-refractivity contribution in [3.05, 3.63) is 30.1 Å². The molecule has 1 aromatic rings. The van der Waals surface area contributed by atoms with Crippen molar-refractivity contribution < 1.29 is 14.7 Å². The third-order valence-electron chi connectivity index (χ3n) is 2.08. The van der Waals surface area contributed by atoms with Crippen LogP contribution in [0.3, 0.4) is 0 Å². The fourth-order valence-corrected chi connectivity index (χ4v) is 1.28. The summed E-state index contributed by atoms with van der Waals surface area (Å²) >= 11 is 0. The molecule has 0 saturated carbocycles. The molecule has 0 saturated heterocycles. The van der Waals surface area contributed by atoms with Gasteiger partial charge in [0.15, 0.2) is 0 Å². The molecule has 0 aliphatic rings. The smallest absolute Gasteiger partial charge is 0.260 e. The van der Waals surface area contributed by atoms with E-state index in [0.29, 0.717) is 18.7 Å². The van der Waals surface area contributed by atoms with E-state index >= 15 is 0 Å². The Hall–Kier alpha value is -1.58. The molecule has 0 radical (unpaired) electrons. The van der Waals surface area contributed by atoms with Gasteiger partial charge in [-0.1, -0.05) is 0 Å². The van der Waals surface area contributed by atoms with Gasteiger partial charge in [-0.15, -0.1) is 0 Å². The van der Waals surface area contributed by atoms with Gasteiger partial charge < -0.3 is 4.90 Å². The monoisotopic (exact) mass is 195 g/mol. The largest absolute Gasteiger partial charge is 0.339 e. The minimum Gasteiger partial charge on any atom is -0.339 e. The Kier molecular flexibility index (Phi) is 3.45. The van der Waals surface area contributed by atoms with E-state index in [2.05, 4.69) is 0 Å². The lowest BCUT2D eigenvalue weighted by atomic mass is 10.2. The van der Waals surface area contributed by atoms with Crippen LogP contribution in [-0.2, 0) is 0 Å². The fourth-order valence-electron chi connectivity index (χ4n) is 1.28. The second kappa shape index (κ2) is 4.60. The van der Waals surface area contributed by atoms with Crippen LogP contribution < -0.4 is 4.73 Å². The van der Waals surface area contributed by atoms with Crippen molar-refractivity contribution >= 4 is 5.91 Å². The first-order valence-corrected chi connectivity index (χ1v) is 4.68. The first kappa shape index (κ1) is 10.5. The summed E-state index contributed by atoms with van der Waals surface area (Å²) in [5, 5.41) is 9.14. The van der Waals surface area contributed by atoms with Gasteiger partial charge in [-0.25, -0.2) is 0 Å². The van der Waals surface area contributed by atoms with E-state index in [4.69, 9.17) is 5.21 Å². The highest BCUT2D eigenvalue weighted by atomic mass is 16.5. The van der Waals surface area contributed by atoms with Crippen LogP contribution in [0.25, 0.3) is 0 Å². The normalized spacial score (nSPS) is 9.86. The summed E-state index contributed by atoms with van der Waals surface area (Å²) in [6.45, 7) is 5.21. The summed E-state index contributed by atoms with van der Waals surface area (Å²) in [4.78, 5) is 13.5. The molecule has 1 heterocycles. The number of amides is 1. The molecule has 0 bridgehead atoms. The number of pyridine rings is 1. The van der Waals surface area contributed by atoms with Gasteiger partial charge >= 0.3 is 0 Å². The molecule has 1 amide bonds. The van der Waals surface area contributed by atoms with Crippen LogP contribution in [0.5, 0.6) is 0 Å². The Labute approximate surface area is 83.4 Å². The molecule has 0 atom stereocenters. The molecule has 1 N–H and O–H groups in total. The summed E-state index contributed by atoms with van der Waals surface area (Å²) in [5.74, 6) is -0.0570. The standard InChI is InChI=1S/C10H15N2O2/c1-3-11(4-2)10(13)9-6-5-7-12(14)8-9/h5-8,14H,3-4H2,1-2H3/q+1. The minimum atomic E-state index is -0.0570. The zero-order valence-electron chi connectivity index (χ0n) is 8.47. The Bertz CT molecular complexity index is 322. The highest BCUT2D eigenvalue weighted by Crippen LogP contribution is 2.01. The molecule has 1 rings (SSSR count). The molecular formula is C10H15N2O2+. The molecule has 0 aliphatic carbocycles. The number of carbonyl (C=O) groups is 1. The Balaban J connectivity index is 2.88. The van der Waals surface area contributed by atoms with Crippen molar-refractivity contribution in [1.29, 1.82) is 0 Å². The molecule has 4 heteroatoms. The van der Waals surface area contributed by atoms with E-state index in [9.17, 15) is 4.79 Å². The summed E-state index contributed by atoms with van der Waals surface area (Å²) in [6, 6.07) is 3.32. The first-order chi connectivity index (χ1) is 6.69. The van der Waals surface area contributed by atoms with Gasteiger partial charge in [0.2, 0.25) is 12.4 Å². The minimum absolute atomic E-state index is 0.0570. The maximum Gasteiger partial charge on any atom is 0.260 e. The van der Waals surface area contributed by atoms with E-state index in [1.54, 1.807) is 17.0 Å². The quantitative estimate of drug-likeness (QED) is 0.569. The van der Waals surface area contributed by atoms with E-state index in [1.807, 2.05) is 13.8 Å². The van der Waals surface area contributed by atoms with Crippen molar-refractivity contribution in [2.45, 2.75) is 13.8 Å². The van der Waals surface area contributed by atoms with Crippen molar-refractivity contribution in [2.24, 2.45) is 0 Å². The fraction of sp³-hybridized carbons (Fsp3) is 0.400. The average Bonchev–Trinajstić information content (AvgIpc) is 2.19. The maximum atomic E-state index is 11.8. The number of aromatic nitrogens is 1. The average molecular weight is 195 g/mol. The van der Waals surface area contributed by atoms with Crippen LogP contribution in [0.1, 0.15) is 24.2 Å². The van der Waals surface area contributed by atoms with Crippen LogP contribution in [0.2, 0.25) is 0 Å². The Morgan fingerprint density at radius 3 is 2.64 bits per heavy atom. The summed E-state index contributed by atoms with van der Waals surface area (Å²) in [6.07, 6.45) is 2.87. The van der Waals surface area contributed by atoms with Gasteiger partial charge in [0.1, 0.15) is 5.56 Å². The Morgan fingerprint density at radius 1 is 1.50 bits per heavy atom. The van der Waals surface area contributed by atoms with Gasteiger partial charge in [-0.05, 0) is 19.9 Å². The van der Waals surface area contributed by atoms with Crippen molar-refractivity contribution in [3.8, 4) is 0 Å². The molecular weight excluding hydrogens is 180 g/mol. The topological polar surface area (TPSA) is 44.4 Å². The SMILES string of the molecule is CCN(CC)C(=O)c1ccc[n+](O)c1. The van der Waals surface area contributed by atoms with Crippen LogP contribution in [-0.4, -0.2) is 29.1 Å². The predicted molar refractivity (Wildman–Crippen MR) is 51.1 cm³/mol. The third kappa shape index (κ3) is 2.22. The van der Waals surface area contributed by atoms with E-state index in [-0.39, 0.29) is 5.91 Å². The van der Waals surface area contributed by atoms with Gasteiger partial charge in [0.05, 0.1) is 0 Å². The highest BCUT2D eigenvalue weighted by Gasteiger charge is 2.15. The third-order valence-corrected chi connectivity index (χ3v) is 2.08. The molecule has 0 aliphatic heterocycles. The number of carbonyl (C=O) groups excluding carboxylic acids is 1. The van der Waals surface area contributed by atoms with Gasteiger partial charge in [-0.2, -0.15) is 0 Å². The molecule has 76 valence electrons. The molecule has 4 nitrogen and oxygen atoms in total. The zero-order valence-corrected chi connectivity index (χ0v) is 8.47. The van der Waals surface area contributed by atoms with Crippen LogP contribution in [0.15, 0.2) is 24.5 Å². The first-order valence-electron chi connectivity index (χ1n) is 4.68.